The van der Waals surface area contributed by atoms with Crippen molar-refractivity contribution in [3.8, 4) is 0 Å². The molecule has 110 valence electrons. The van der Waals surface area contributed by atoms with Crippen LogP contribution in [-0.2, 0) is 9.59 Å². The minimum absolute atomic E-state index is 0.0373. The van der Waals surface area contributed by atoms with E-state index in [0.717, 1.165) is 6.42 Å². The lowest BCUT2D eigenvalue weighted by molar-refractivity contribution is -0.119. The summed E-state index contributed by atoms with van der Waals surface area (Å²) in [5.41, 5.74) is 0.0588. The molecular formula is C13H22Cl2N2O2. The van der Waals surface area contributed by atoms with Gasteiger partial charge < -0.3 is 10.6 Å². The SMILES string of the molecule is C[C@@H]1CC(C)(C)[C@@H](CNC(=O)CCl)[C@H]1NC(=O)CCl. The van der Waals surface area contributed by atoms with Crippen LogP contribution in [0.4, 0.5) is 0 Å². The van der Waals surface area contributed by atoms with E-state index in [1.165, 1.54) is 0 Å². The van der Waals surface area contributed by atoms with Gasteiger partial charge in [-0.3, -0.25) is 9.59 Å². The van der Waals surface area contributed by atoms with Crippen molar-refractivity contribution in [2.75, 3.05) is 18.3 Å². The van der Waals surface area contributed by atoms with Gasteiger partial charge in [-0.05, 0) is 17.8 Å². The van der Waals surface area contributed by atoms with Gasteiger partial charge in [0.2, 0.25) is 11.8 Å². The van der Waals surface area contributed by atoms with Gasteiger partial charge in [-0.1, -0.05) is 20.8 Å². The summed E-state index contributed by atoms with van der Waals surface area (Å²) >= 11 is 11.0. The van der Waals surface area contributed by atoms with Crippen molar-refractivity contribution in [2.45, 2.75) is 33.2 Å². The number of hydrogen-bond acceptors (Lipinski definition) is 2. The van der Waals surface area contributed by atoms with Crippen LogP contribution >= 0.6 is 23.2 Å². The van der Waals surface area contributed by atoms with Crippen LogP contribution in [0.2, 0.25) is 0 Å². The summed E-state index contributed by atoms with van der Waals surface area (Å²) < 4.78 is 0. The summed E-state index contributed by atoms with van der Waals surface area (Å²) in [6.07, 6.45) is 1.00. The molecule has 1 aliphatic carbocycles. The van der Waals surface area contributed by atoms with E-state index in [9.17, 15) is 9.59 Å². The highest BCUT2D eigenvalue weighted by atomic mass is 35.5. The molecule has 0 aliphatic heterocycles. The molecule has 1 saturated carbocycles. The maximum absolute atomic E-state index is 11.5. The first-order chi connectivity index (χ1) is 8.81. The first kappa shape index (κ1) is 16.6. The molecule has 19 heavy (non-hydrogen) atoms. The highest BCUT2D eigenvalue weighted by molar-refractivity contribution is 6.27. The van der Waals surface area contributed by atoms with Crippen LogP contribution in [-0.4, -0.2) is 36.2 Å². The van der Waals surface area contributed by atoms with E-state index in [2.05, 4.69) is 31.4 Å². The number of amides is 2. The smallest absolute Gasteiger partial charge is 0.235 e. The van der Waals surface area contributed by atoms with Gasteiger partial charge in [0.05, 0.1) is 0 Å². The number of carbonyl (C=O) groups excluding carboxylic acids is 2. The van der Waals surface area contributed by atoms with Crippen molar-refractivity contribution in [3.05, 3.63) is 0 Å². The molecular weight excluding hydrogens is 287 g/mol. The van der Waals surface area contributed by atoms with Gasteiger partial charge in [0.1, 0.15) is 11.8 Å². The number of halogens is 2. The van der Waals surface area contributed by atoms with E-state index < -0.39 is 0 Å². The first-order valence-electron chi connectivity index (χ1n) is 6.49. The third kappa shape index (κ3) is 4.25. The van der Waals surface area contributed by atoms with Gasteiger partial charge in [0.15, 0.2) is 0 Å². The van der Waals surface area contributed by atoms with Crippen LogP contribution in [0.3, 0.4) is 0 Å². The van der Waals surface area contributed by atoms with E-state index >= 15 is 0 Å². The summed E-state index contributed by atoms with van der Waals surface area (Å²) in [6.45, 7) is 6.96. The van der Waals surface area contributed by atoms with Crippen LogP contribution in [0.25, 0.3) is 0 Å². The van der Waals surface area contributed by atoms with E-state index in [1.807, 2.05) is 0 Å². The molecule has 6 heteroatoms. The summed E-state index contributed by atoms with van der Waals surface area (Å²) in [5.74, 6) is 0.123. The second kappa shape index (κ2) is 6.80. The van der Waals surface area contributed by atoms with E-state index in [4.69, 9.17) is 23.2 Å². The van der Waals surface area contributed by atoms with E-state index in [-0.39, 0.29) is 40.9 Å². The fourth-order valence-electron chi connectivity index (χ4n) is 3.13. The van der Waals surface area contributed by atoms with Crippen molar-refractivity contribution >= 4 is 35.0 Å². The third-order valence-electron chi connectivity index (χ3n) is 3.99. The Bertz CT molecular complexity index is 348. The lowest BCUT2D eigenvalue weighted by Crippen LogP contribution is -2.47. The maximum Gasteiger partial charge on any atom is 0.235 e. The largest absolute Gasteiger partial charge is 0.355 e. The molecule has 0 saturated heterocycles. The molecule has 3 atom stereocenters. The molecule has 0 bridgehead atoms. The van der Waals surface area contributed by atoms with Crippen molar-refractivity contribution < 1.29 is 9.59 Å². The lowest BCUT2D eigenvalue weighted by atomic mass is 9.80. The van der Waals surface area contributed by atoms with E-state index in [1.54, 1.807) is 0 Å². The average molecular weight is 309 g/mol. The normalized spacial score (nSPS) is 29.0. The number of carbonyl (C=O) groups is 2. The molecule has 2 amide bonds. The van der Waals surface area contributed by atoms with Crippen molar-refractivity contribution in [3.63, 3.8) is 0 Å². The molecule has 0 spiro atoms. The molecule has 0 radical (unpaired) electrons. The predicted octanol–water partition coefficient (Wildman–Crippen LogP) is 1.75. The second-order valence-electron chi connectivity index (χ2n) is 5.94. The number of hydrogen-bond donors (Lipinski definition) is 2. The molecule has 2 N–H and O–H groups in total. The summed E-state index contributed by atoms with van der Waals surface area (Å²) in [6, 6.07) is 0.0388. The van der Waals surface area contributed by atoms with Gasteiger partial charge in [-0.25, -0.2) is 0 Å². The maximum atomic E-state index is 11.5. The highest BCUT2D eigenvalue weighted by Gasteiger charge is 2.46. The van der Waals surface area contributed by atoms with Crippen molar-refractivity contribution in [1.29, 1.82) is 0 Å². The number of rotatable bonds is 5. The number of alkyl halides is 2. The Morgan fingerprint density at radius 2 is 1.79 bits per heavy atom. The van der Waals surface area contributed by atoms with Crippen molar-refractivity contribution in [1.82, 2.24) is 10.6 Å². The Balaban J connectivity index is 2.74. The minimum atomic E-state index is -0.181. The fraction of sp³-hybridized carbons (Fsp3) is 0.846. The Labute approximate surface area is 124 Å². The zero-order valence-electron chi connectivity index (χ0n) is 11.6. The fourth-order valence-corrected chi connectivity index (χ4v) is 3.30. The molecule has 1 fully saturated rings. The molecule has 0 aromatic rings. The zero-order chi connectivity index (χ0) is 14.6. The predicted molar refractivity (Wildman–Crippen MR) is 77.4 cm³/mol. The Kier molecular flexibility index (Phi) is 5.93. The van der Waals surface area contributed by atoms with Gasteiger partial charge >= 0.3 is 0 Å². The molecule has 0 heterocycles. The van der Waals surface area contributed by atoms with Gasteiger partial charge in [-0.15, -0.1) is 23.2 Å². The number of nitrogens with one attached hydrogen (secondary N) is 2. The summed E-state index contributed by atoms with van der Waals surface area (Å²) in [7, 11) is 0. The molecule has 1 aliphatic rings. The standard InChI is InChI=1S/C13H22Cl2N2O2/c1-8-4-13(2,3)9(7-16-10(18)5-14)12(8)17-11(19)6-15/h8-9,12H,4-7H2,1-3H3,(H,16,18)(H,17,19)/t8-,9+,12+/m1/s1. The monoisotopic (exact) mass is 308 g/mol. The lowest BCUT2D eigenvalue weighted by Gasteiger charge is -2.31. The minimum Gasteiger partial charge on any atom is -0.355 e. The van der Waals surface area contributed by atoms with Gasteiger partial charge in [0.25, 0.3) is 0 Å². The topological polar surface area (TPSA) is 58.2 Å². The molecule has 0 unspecified atom stereocenters. The summed E-state index contributed by atoms with van der Waals surface area (Å²) in [5, 5.41) is 5.79. The Hall–Kier alpha value is -0.480. The molecule has 4 nitrogen and oxygen atoms in total. The van der Waals surface area contributed by atoms with Crippen LogP contribution in [0.15, 0.2) is 0 Å². The molecule has 1 rings (SSSR count). The molecule has 0 aromatic heterocycles. The van der Waals surface area contributed by atoms with Crippen molar-refractivity contribution in [2.24, 2.45) is 17.3 Å². The quantitative estimate of drug-likeness (QED) is 0.760. The summed E-state index contributed by atoms with van der Waals surface area (Å²) in [4.78, 5) is 22.8. The zero-order valence-corrected chi connectivity index (χ0v) is 13.1. The van der Waals surface area contributed by atoms with Gasteiger partial charge in [0, 0.05) is 18.5 Å². The Morgan fingerprint density at radius 3 is 2.32 bits per heavy atom. The van der Waals surface area contributed by atoms with Crippen LogP contribution < -0.4 is 10.6 Å². The van der Waals surface area contributed by atoms with Crippen LogP contribution in [0.5, 0.6) is 0 Å². The van der Waals surface area contributed by atoms with E-state index in [0.29, 0.717) is 12.5 Å². The highest BCUT2D eigenvalue weighted by Crippen LogP contribution is 2.45. The third-order valence-corrected chi connectivity index (χ3v) is 4.47. The Morgan fingerprint density at radius 1 is 1.21 bits per heavy atom. The molecule has 0 aromatic carbocycles. The van der Waals surface area contributed by atoms with Crippen LogP contribution in [0.1, 0.15) is 27.2 Å². The average Bonchev–Trinajstić information content (AvgIpc) is 2.56. The van der Waals surface area contributed by atoms with Gasteiger partial charge in [-0.2, -0.15) is 0 Å². The van der Waals surface area contributed by atoms with Crippen LogP contribution in [0, 0.1) is 17.3 Å². The second-order valence-corrected chi connectivity index (χ2v) is 6.48. The first-order valence-corrected chi connectivity index (χ1v) is 7.56.